The van der Waals surface area contributed by atoms with Crippen LogP contribution in [0, 0.1) is 5.82 Å². The fourth-order valence-corrected chi connectivity index (χ4v) is 3.16. The Morgan fingerprint density at radius 3 is 2.54 bits per heavy atom. The summed E-state index contributed by atoms with van der Waals surface area (Å²) in [6.45, 7) is 0.371. The fourth-order valence-electron chi connectivity index (χ4n) is 3.16. The Bertz CT molecular complexity index is 1120. The summed E-state index contributed by atoms with van der Waals surface area (Å²) in [5.41, 5.74) is 5.46. The van der Waals surface area contributed by atoms with Gasteiger partial charge in [-0.2, -0.15) is 0 Å². The molecule has 0 saturated heterocycles. The monoisotopic (exact) mass is 375 g/mol. The van der Waals surface area contributed by atoms with Crippen molar-refractivity contribution in [3.63, 3.8) is 0 Å². The molecule has 0 atom stereocenters. The molecular weight excluding hydrogens is 353 g/mol. The number of rotatable bonds is 5. The van der Waals surface area contributed by atoms with Crippen molar-refractivity contribution < 1.29 is 4.39 Å². The second-order valence-electron chi connectivity index (χ2n) is 6.94. The maximum absolute atomic E-state index is 13.8. The molecule has 2 aromatic heterocycles. The summed E-state index contributed by atoms with van der Waals surface area (Å²) in [4.78, 5) is 11.2. The quantitative estimate of drug-likeness (QED) is 0.560. The summed E-state index contributed by atoms with van der Waals surface area (Å²) in [5.74, 6) is 0.457. The van der Waals surface area contributed by atoms with Crippen LogP contribution in [0.5, 0.6) is 0 Å². The number of nitrogens with one attached hydrogen (secondary N) is 1. The van der Waals surface area contributed by atoms with Crippen molar-refractivity contribution in [3.05, 3.63) is 72.2 Å². The minimum Gasteiger partial charge on any atom is -0.378 e. The van der Waals surface area contributed by atoms with Crippen molar-refractivity contribution in [2.24, 2.45) is 7.05 Å². The molecule has 0 spiro atoms. The summed E-state index contributed by atoms with van der Waals surface area (Å²) >= 11 is 0. The number of anilines is 2. The zero-order valence-electron chi connectivity index (χ0n) is 16.1. The van der Waals surface area contributed by atoms with Gasteiger partial charge >= 0.3 is 0 Å². The maximum atomic E-state index is 13.8. The highest BCUT2D eigenvalue weighted by Gasteiger charge is 2.11. The lowest BCUT2D eigenvalue weighted by Crippen LogP contribution is -2.07. The second-order valence-corrected chi connectivity index (χ2v) is 6.94. The molecule has 0 bridgehead atoms. The lowest BCUT2D eigenvalue weighted by Gasteiger charge is -2.12. The molecule has 0 unspecified atom stereocenters. The Labute approximate surface area is 163 Å². The highest BCUT2D eigenvalue weighted by molar-refractivity contribution is 5.82. The molecule has 0 aliphatic rings. The third-order valence-corrected chi connectivity index (χ3v) is 4.84. The zero-order chi connectivity index (χ0) is 19.7. The maximum Gasteiger partial charge on any atom is 0.203 e. The third kappa shape index (κ3) is 3.41. The first-order valence-corrected chi connectivity index (χ1v) is 9.10. The predicted octanol–water partition coefficient (Wildman–Crippen LogP) is 4.45. The van der Waals surface area contributed by atoms with Crippen LogP contribution in [0.3, 0.4) is 0 Å². The molecule has 142 valence electrons. The summed E-state index contributed by atoms with van der Waals surface area (Å²) in [5, 5.41) is 3.22. The fraction of sp³-hybridized carbons (Fsp3) is 0.182. The number of hydrogen-bond donors (Lipinski definition) is 1. The van der Waals surface area contributed by atoms with E-state index in [-0.39, 0.29) is 5.82 Å². The third-order valence-electron chi connectivity index (χ3n) is 4.84. The van der Waals surface area contributed by atoms with Gasteiger partial charge in [0.15, 0.2) is 0 Å². The summed E-state index contributed by atoms with van der Waals surface area (Å²) in [6, 6.07) is 17.1. The van der Waals surface area contributed by atoms with Gasteiger partial charge < -0.3 is 14.8 Å². The van der Waals surface area contributed by atoms with Gasteiger partial charge in [-0.3, -0.25) is 4.98 Å². The van der Waals surface area contributed by atoms with E-state index < -0.39 is 0 Å². The van der Waals surface area contributed by atoms with Crippen molar-refractivity contribution in [2.45, 2.75) is 6.54 Å². The summed E-state index contributed by atoms with van der Waals surface area (Å²) in [6.07, 6.45) is 1.78. The lowest BCUT2D eigenvalue weighted by atomic mass is 10.1. The molecule has 1 N–H and O–H groups in total. The van der Waals surface area contributed by atoms with Gasteiger partial charge in [0.25, 0.3) is 0 Å². The molecule has 0 saturated carbocycles. The molecule has 0 radical (unpaired) electrons. The lowest BCUT2D eigenvalue weighted by molar-refractivity contribution is 0.612. The van der Waals surface area contributed by atoms with Crippen LogP contribution in [-0.4, -0.2) is 28.6 Å². The van der Waals surface area contributed by atoms with Crippen LogP contribution in [-0.2, 0) is 13.6 Å². The Morgan fingerprint density at radius 1 is 1.07 bits per heavy atom. The Morgan fingerprint density at radius 2 is 1.82 bits per heavy atom. The van der Waals surface area contributed by atoms with Gasteiger partial charge in [-0.15, -0.1) is 0 Å². The molecule has 0 aliphatic carbocycles. The van der Waals surface area contributed by atoms with Crippen molar-refractivity contribution in [1.29, 1.82) is 0 Å². The highest BCUT2D eigenvalue weighted by Crippen LogP contribution is 2.25. The first-order chi connectivity index (χ1) is 13.5. The second kappa shape index (κ2) is 7.31. The number of aryl methyl sites for hydroxylation is 1. The van der Waals surface area contributed by atoms with E-state index in [9.17, 15) is 4.39 Å². The van der Waals surface area contributed by atoms with Gasteiger partial charge in [-0.05, 0) is 24.3 Å². The number of halogens is 1. The molecule has 4 rings (SSSR count). The Hall–Kier alpha value is -3.41. The van der Waals surface area contributed by atoms with E-state index in [1.54, 1.807) is 18.3 Å². The van der Waals surface area contributed by atoms with Gasteiger partial charge in [0.05, 0.1) is 17.4 Å². The number of fused-ring (bicyclic) bond motifs is 1. The first kappa shape index (κ1) is 18.0. The van der Waals surface area contributed by atoms with Gasteiger partial charge in [0.2, 0.25) is 5.95 Å². The number of nitrogens with zero attached hydrogens (tertiary/aromatic N) is 4. The molecule has 2 heterocycles. The average Bonchev–Trinajstić information content (AvgIpc) is 3.02. The number of imidazole rings is 1. The number of aromatic nitrogens is 3. The number of hydrogen-bond acceptors (Lipinski definition) is 4. The van der Waals surface area contributed by atoms with Crippen LogP contribution in [0.25, 0.3) is 22.3 Å². The molecule has 0 amide bonds. The topological polar surface area (TPSA) is 46.0 Å². The van der Waals surface area contributed by atoms with E-state index in [1.165, 1.54) is 6.07 Å². The van der Waals surface area contributed by atoms with E-state index in [0.29, 0.717) is 18.1 Å². The van der Waals surface area contributed by atoms with Gasteiger partial charge in [-0.1, -0.05) is 30.3 Å². The normalized spacial score (nSPS) is 11.0. The average molecular weight is 375 g/mol. The molecular formula is C22H22FN5. The van der Waals surface area contributed by atoms with Gasteiger partial charge in [-0.25, -0.2) is 9.37 Å². The van der Waals surface area contributed by atoms with Gasteiger partial charge in [0.1, 0.15) is 11.3 Å². The smallest absolute Gasteiger partial charge is 0.203 e. The predicted molar refractivity (Wildman–Crippen MR) is 112 cm³/mol. The Kier molecular flexibility index (Phi) is 4.69. The molecule has 6 heteroatoms. The molecule has 2 aromatic carbocycles. The number of benzene rings is 2. The SMILES string of the molecule is CN(C)c1ccc(-c2cc3c(cn2)nc(NCc2ccccc2F)n3C)cc1. The van der Waals surface area contributed by atoms with E-state index in [2.05, 4.69) is 44.5 Å². The van der Waals surface area contributed by atoms with Crippen LogP contribution in [0.1, 0.15) is 5.56 Å². The van der Waals surface area contributed by atoms with E-state index in [4.69, 9.17) is 0 Å². The van der Waals surface area contributed by atoms with Crippen molar-refractivity contribution in [3.8, 4) is 11.3 Å². The van der Waals surface area contributed by atoms with Crippen LogP contribution < -0.4 is 10.2 Å². The van der Waals surface area contributed by atoms with Crippen LogP contribution in [0.15, 0.2) is 60.8 Å². The number of pyridine rings is 1. The molecule has 28 heavy (non-hydrogen) atoms. The Balaban J connectivity index is 1.61. The zero-order valence-corrected chi connectivity index (χ0v) is 16.1. The highest BCUT2D eigenvalue weighted by atomic mass is 19.1. The summed E-state index contributed by atoms with van der Waals surface area (Å²) < 4.78 is 15.8. The summed E-state index contributed by atoms with van der Waals surface area (Å²) in [7, 11) is 5.98. The van der Waals surface area contributed by atoms with Gasteiger partial charge in [0, 0.05) is 44.5 Å². The molecule has 4 aromatic rings. The van der Waals surface area contributed by atoms with Crippen LogP contribution in [0.2, 0.25) is 0 Å². The minimum atomic E-state index is -0.223. The standard InChI is InChI=1S/C22H22FN5/c1-27(2)17-10-8-15(9-11-17)19-12-21-20(14-24-19)26-22(28(21)3)25-13-16-6-4-5-7-18(16)23/h4-12,14H,13H2,1-3H3,(H,25,26). The van der Waals surface area contributed by atoms with E-state index in [0.717, 1.165) is 28.0 Å². The molecule has 0 aliphatic heterocycles. The van der Waals surface area contributed by atoms with Crippen molar-refractivity contribution >= 4 is 22.7 Å². The first-order valence-electron chi connectivity index (χ1n) is 9.10. The molecule has 5 nitrogen and oxygen atoms in total. The van der Waals surface area contributed by atoms with Crippen LogP contribution >= 0.6 is 0 Å². The molecule has 0 fully saturated rings. The van der Waals surface area contributed by atoms with Crippen molar-refractivity contribution in [2.75, 3.05) is 24.3 Å². The van der Waals surface area contributed by atoms with E-state index >= 15 is 0 Å². The van der Waals surface area contributed by atoms with Crippen molar-refractivity contribution in [1.82, 2.24) is 14.5 Å². The largest absolute Gasteiger partial charge is 0.378 e. The van der Waals surface area contributed by atoms with Crippen LogP contribution in [0.4, 0.5) is 16.0 Å². The minimum absolute atomic E-state index is 0.223. The van der Waals surface area contributed by atoms with E-state index in [1.807, 2.05) is 37.8 Å².